The number of hydrogen-bond donors (Lipinski definition) is 0. The standard InChI is InChI=1S/C9H13N3O2/c1-7(13)9-5-12(11-10-9)8-3-2-4-14-6-8/h5,8H,2-4,6H2,1H3. The summed E-state index contributed by atoms with van der Waals surface area (Å²) in [6, 6.07) is 0.240. The Morgan fingerprint density at radius 3 is 3.14 bits per heavy atom. The van der Waals surface area contributed by atoms with E-state index < -0.39 is 0 Å². The van der Waals surface area contributed by atoms with Crippen molar-refractivity contribution in [1.82, 2.24) is 15.0 Å². The molecule has 1 aromatic heterocycles. The van der Waals surface area contributed by atoms with Gasteiger partial charge in [-0.3, -0.25) is 4.79 Å². The molecule has 5 heteroatoms. The van der Waals surface area contributed by atoms with Crippen LogP contribution in [0.4, 0.5) is 0 Å². The quantitative estimate of drug-likeness (QED) is 0.656. The smallest absolute Gasteiger partial charge is 0.181 e. The molecule has 0 aromatic carbocycles. The highest BCUT2D eigenvalue weighted by Gasteiger charge is 2.17. The molecule has 1 saturated heterocycles. The summed E-state index contributed by atoms with van der Waals surface area (Å²) in [5, 5.41) is 7.73. The molecule has 1 aromatic rings. The van der Waals surface area contributed by atoms with Gasteiger partial charge in [-0.25, -0.2) is 4.68 Å². The number of Topliss-reactive ketones (excluding diaryl/α,β-unsaturated/α-hetero) is 1. The Hall–Kier alpha value is -1.23. The molecule has 0 amide bonds. The minimum absolute atomic E-state index is 0.0482. The molecule has 0 spiro atoms. The van der Waals surface area contributed by atoms with Crippen LogP contribution in [-0.2, 0) is 4.74 Å². The van der Waals surface area contributed by atoms with E-state index in [2.05, 4.69) is 10.3 Å². The first-order valence-electron chi connectivity index (χ1n) is 4.78. The van der Waals surface area contributed by atoms with Gasteiger partial charge in [0.2, 0.25) is 0 Å². The first-order chi connectivity index (χ1) is 6.77. The Morgan fingerprint density at radius 1 is 1.71 bits per heavy atom. The Labute approximate surface area is 82.1 Å². The van der Waals surface area contributed by atoms with Gasteiger partial charge in [0.05, 0.1) is 18.8 Å². The van der Waals surface area contributed by atoms with E-state index in [-0.39, 0.29) is 11.8 Å². The van der Waals surface area contributed by atoms with Gasteiger partial charge in [0.1, 0.15) is 5.69 Å². The summed E-state index contributed by atoms with van der Waals surface area (Å²) in [5.74, 6) is -0.0482. The van der Waals surface area contributed by atoms with E-state index >= 15 is 0 Å². The number of aromatic nitrogens is 3. The van der Waals surface area contributed by atoms with Gasteiger partial charge in [-0.2, -0.15) is 0 Å². The molecule has 76 valence electrons. The van der Waals surface area contributed by atoms with E-state index in [4.69, 9.17) is 4.74 Å². The van der Waals surface area contributed by atoms with Gasteiger partial charge >= 0.3 is 0 Å². The average Bonchev–Trinajstić information content (AvgIpc) is 2.68. The van der Waals surface area contributed by atoms with Crippen LogP contribution in [0.15, 0.2) is 6.20 Å². The molecule has 1 aliphatic rings. The summed E-state index contributed by atoms with van der Waals surface area (Å²) >= 11 is 0. The second-order valence-corrected chi connectivity index (χ2v) is 3.51. The van der Waals surface area contributed by atoms with E-state index in [0.717, 1.165) is 19.4 Å². The van der Waals surface area contributed by atoms with Crippen molar-refractivity contribution in [2.75, 3.05) is 13.2 Å². The predicted molar refractivity (Wildman–Crippen MR) is 49.1 cm³/mol. The molecule has 0 bridgehead atoms. The Balaban J connectivity index is 2.11. The largest absolute Gasteiger partial charge is 0.379 e. The lowest BCUT2D eigenvalue weighted by Gasteiger charge is -2.21. The van der Waals surface area contributed by atoms with Crippen molar-refractivity contribution < 1.29 is 9.53 Å². The molecule has 0 aliphatic carbocycles. The topological polar surface area (TPSA) is 57.0 Å². The maximum atomic E-state index is 11.0. The molecule has 1 unspecified atom stereocenters. The van der Waals surface area contributed by atoms with Gasteiger partial charge in [0.25, 0.3) is 0 Å². The molecule has 0 N–H and O–H groups in total. The first kappa shape index (κ1) is 9.33. The summed E-state index contributed by atoms with van der Waals surface area (Å²) in [7, 11) is 0. The third-order valence-corrected chi connectivity index (χ3v) is 2.38. The number of ketones is 1. The molecule has 2 heterocycles. The van der Waals surface area contributed by atoms with Crippen LogP contribution in [0.2, 0.25) is 0 Å². The van der Waals surface area contributed by atoms with Gasteiger partial charge in [-0.1, -0.05) is 5.21 Å². The van der Waals surface area contributed by atoms with Crippen LogP contribution in [0.3, 0.4) is 0 Å². The second-order valence-electron chi connectivity index (χ2n) is 3.51. The fourth-order valence-corrected chi connectivity index (χ4v) is 1.55. The van der Waals surface area contributed by atoms with Gasteiger partial charge < -0.3 is 4.74 Å². The van der Waals surface area contributed by atoms with Gasteiger partial charge in [0, 0.05) is 13.5 Å². The molecular formula is C9H13N3O2. The van der Waals surface area contributed by atoms with Crippen molar-refractivity contribution in [2.24, 2.45) is 0 Å². The third-order valence-electron chi connectivity index (χ3n) is 2.38. The fraction of sp³-hybridized carbons (Fsp3) is 0.667. The van der Waals surface area contributed by atoms with Crippen molar-refractivity contribution in [3.05, 3.63) is 11.9 Å². The Morgan fingerprint density at radius 2 is 2.57 bits per heavy atom. The van der Waals surface area contributed by atoms with Gasteiger partial charge in [-0.15, -0.1) is 5.10 Å². The minimum Gasteiger partial charge on any atom is -0.379 e. The summed E-state index contributed by atoms with van der Waals surface area (Å²) in [6.45, 7) is 2.98. The molecule has 5 nitrogen and oxygen atoms in total. The second kappa shape index (κ2) is 3.88. The first-order valence-corrected chi connectivity index (χ1v) is 4.78. The maximum absolute atomic E-state index is 11.0. The number of nitrogens with zero attached hydrogens (tertiary/aromatic N) is 3. The lowest BCUT2D eigenvalue weighted by molar-refractivity contribution is 0.0542. The Kier molecular flexibility index (Phi) is 2.58. The lowest BCUT2D eigenvalue weighted by Crippen LogP contribution is -2.21. The highest BCUT2D eigenvalue weighted by molar-refractivity contribution is 5.91. The zero-order valence-corrected chi connectivity index (χ0v) is 8.14. The summed E-state index contributed by atoms with van der Waals surface area (Å²) in [5.41, 5.74) is 0.426. The SMILES string of the molecule is CC(=O)c1cn(C2CCCOC2)nn1. The van der Waals surface area contributed by atoms with Crippen molar-refractivity contribution in [1.29, 1.82) is 0 Å². The van der Waals surface area contributed by atoms with Crippen LogP contribution >= 0.6 is 0 Å². The summed E-state index contributed by atoms with van der Waals surface area (Å²) in [4.78, 5) is 11.0. The van der Waals surface area contributed by atoms with E-state index in [0.29, 0.717) is 12.3 Å². The monoisotopic (exact) mass is 195 g/mol. The maximum Gasteiger partial charge on any atom is 0.181 e. The molecular weight excluding hydrogens is 182 g/mol. The molecule has 1 fully saturated rings. The normalized spacial score (nSPS) is 22.2. The third kappa shape index (κ3) is 1.82. The van der Waals surface area contributed by atoms with Crippen LogP contribution in [-0.4, -0.2) is 34.0 Å². The number of carbonyl (C=O) groups is 1. The summed E-state index contributed by atoms with van der Waals surface area (Å²) in [6.07, 6.45) is 3.78. The Bertz CT molecular complexity index is 329. The predicted octanol–water partition coefficient (Wildman–Crippen LogP) is 0.832. The molecule has 0 saturated carbocycles. The van der Waals surface area contributed by atoms with E-state index in [1.54, 1.807) is 10.9 Å². The summed E-state index contributed by atoms with van der Waals surface area (Å²) < 4.78 is 7.06. The van der Waals surface area contributed by atoms with E-state index in [1.807, 2.05) is 0 Å². The van der Waals surface area contributed by atoms with Crippen LogP contribution in [0, 0.1) is 0 Å². The molecule has 1 aliphatic heterocycles. The van der Waals surface area contributed by atoms with E-state index in [9.17, 15) is 4.79 Å². The van der Waals surface area contributed by atoms with Crippen LogP contribution in [0.5, 0.6) is 0 Å². The molecule has 1 atom stereocenters. The van der Waals surface area contributed by atoms with Crippen molar-refractivity contribution >= 4 is 5.78 Å². The molecule has 0 radical (unpaired) electrons. The minimum atomic E-state index is -0.0482. The lowest BCUT2D eigenvalue weighted by atomic mass is 10.1. The highest BCUT2D eigenvalue weighted by Crippen LogP contribution is 2.18. The van der Waals surface area contributed by atoms with Crippen molar-refractivity contribution in [3.8, 4) is 0 Å². The van der Waals surface area contributed by atoms with Crippen molar-refractivity contribution in [2.45, 2.75) is 25.8 Å². The number of carbonyl (C=O) groups excluding carboxylic acids is 1. The van der Waals surface area contributed by atoms with Crippen LogP contribution < -0.4 is 0 Å². The fourth-order valence-electron chi connectivity index (χ4n) is 1.55. The number of rotatable bonds is 2. The number of hydrogen-bond acceptors (Lipinski definition) is 4. The van der Waals surface area contributed by atoms with Gasteiger partial charge in [0.15, 0.2) is 5.78 Å². The zero-order valence-electron chi connectivity index (χ0n) is 8.14. The van der Waals surface area contributed by atoms with Crippen LogP contribution in [0.1, 0.15) is 36.3 Å². The molecule has 14 heavy (non-hydrogen) atoms. The average molecular weight is 195 g/mol. The van der Waals surface area contributed by atoms with Crippen molar-refractivity contribution in [3.63, 3.8) is 0 Å². The van der Waals surface area contributed by atoms with Gasteiger partial charge in [-0.05, 0) is 12.8 Å². The van der Waals surface area contributed by atoms with E-state index in [1.165, 1.54) is 6.92 Å². The highest BCUT2D eigenvalue weighted by atomic mass is 16.5. The number of ether oxygens (including phenoxy) is 1. The zero-order chi connectivity index (χ0) is 9.97. The molecule has 2 rings (SSSR count). The van der Waals surface area contributed by atoms with Crippen LogP contribution in [0.25, 0.3) is 0 Å².